The third-order valence-corrected chi connectivity index (χ3v) is 10.6. The van der Waals surface area contributed by atoms with E-state index in [9.17, 15) is 0 Å². The van der Waals surface area contributed by atoms with Crippen LogP contribution in [0.3, 0.4) is 0 Å². The van der Waals surface area contributed by atoms with E-state index in [4.69, 9.17) is 9.97 Å². The van der Waals surface area contributed by atoms with Crippen LogP contribution in [-0.2, 0) is 5.41 Å². The zero-order valence-corrected chi connectivity index (χ0v) is 27.9. The maximum atomic E-state index is 5.13. The van der Waals surface area contributed by atoms with Crippen LogP contribution in [0.1, 0.15) is 22.3 Å². The number of benzene rings is 8. The fourth-order valence-corrected chi connectivity index (χ4v) is 8.37. The van der Waals surface area contributed by atoms with Crippen molar-refractivity contribution < 1.29 is 0 Å². The summed E-state index contributed by atoms with van der Waals surface area (Å²) in [4.78, 5) is 10.1. The Bertz CT molecular complexity index is 2680. The van der Waals surface area contributed by atoms with Crippen LogP contribution in [0.15, 0.2) is 194 Å². The van der Waals surface area contributed by atoms with E-state index >= 15 is 0 Å². The maximum Gasteiger partial charge on any atom is 0.160 e. The lowest BCUT2D eigenvalue weighted by Crippen LogP contribution is -2.28. The molecule has 0 fully saturated rings. The van der Waals surface area contributed by atoms with Crippen LogP contribution >= 0.6 is 0 Å². The smallest absolute Gasteiger partial charge is 0.160 e. The van der Waals surface area contributed by atoms with E-state index in [2.05, 4.69) is 182 Å². The van der Waals surface area contributed by atoms with Crippen molar-refractivity contribution in [3.8, 4) is 44.9 Å². The van der Waals surface area contributed by atoms with Crippen molar-refractivity contribution in [1.82, 2.24) is 9.97 Å². The van der Waals surface area contributed by atoms with E-state index in [1.165, 1.54) is 49.7 Å². The Morgan fingerprint density at radius 2 is 0.902 bits per heavy atom. The molecule has 0 spiro atoms. The van der Waals surface area contributed by atoms with Gasteiger partial charge in [0.15, 0.2) is 5.82 Å². The Morgan fingerprint density at radius 3 is 1.61 bits per heavy atom. The lowest BCUT2D eigenvalue weighted by Gasteiger charge is -2.35. The molecule has 1 aliphatic carbocycles. The summed E-state index contributed by atoms with van der Waals surface area (Å²) in [5.74, 6) is 0.724. The molecule has 9 aromatic rings. The zero-order valence-electron chi connectivity index (χ0n) is 27.9. The van der Waals surface area contributed by atoms with Gasteiger partial charge in [-0.05, 0) is 67.4 Å². The maximum absolute atomic E-state index is 5.13. The first-order valence-electron chi connectivity index (χ1n) is 17.5. The molecule has 0 amide bonds. The molecule has 51 heavy (non-hydrogen) atoms. The predicted octanol–water partition coefficient (Wildman–Crippen LogP) is 12.1. The van der Waals surface area contributed by atoms with Crippen LogP contribution in [0.2, 0.25) is 0 Å². The molecule has 0 saturated carbocycles. The number of aromatic nitrogens is 2. The van der Waals surface area contributed by atoms with Crippen molar-refractivity contribution in [3.63, 3.8) is 0 Å². The van der Waals surface area contributed by atoms with E-state index in [-0.39, 0.29) is 0 Å². The van der Waals surface area contributed by atoms with Gasteiger partial charge in [0.1, 0.15) is 0 Å². The third-order valence-electron chi connectivity index (χ3n) is 10.6. The molecule has 1 heterocycles. The molecule has 0 unspecified atom stereocenters. The number of hydrogen-bond acceptors (Lipinski definition) is 2. The van der Waals surface area contributed by atoms with Gasteiger partial charge in [-0.2, -0.15) is 0 Å². The quantitative estimate of drug-likeness (QED) is 0.186. The average Bonchev–Trinajstić information content (AvgIpc) is 3.52. The summed E-state index contributed by atoms with van der Waals surface area (Å²) in [6, 6.07) is 69.8. The molecule has 1 aliphatic rings. The third kappa shape index (κ3) is 4.50. The van der Waals surface area contributed by atoms with Crippen LogP contribution in [0.4, 0.5) is 0 Å². The van der Waals surface area contributed by atoms with Crippen molar-refractivity contribution in [2.24, 2.45) is 0 Å². The van der Waals surface area contributed by atoms with Gasteiger partial charge in [-0.25, -0.2) is 9.97 Å². The van der Waals surface area contributed by atoms with Gasteiger partial charge in [0, 0.05) is 16.5 Å². The number of hydrogen-bond donors (Lipinski definition) is 0. The fraction of sp³-hybridized carbons (Fsp3) is 0.0204. The van der Waals surface area contributed by atoms with Gasteiger partial charge in [0.05, 0.1) is 16.6 Å². The minimum Gasteiger partial charge on any atom is -0.228 e. The van der Waals surface area contributed by atoms with Gasteiger partial charge in [-0.3, -0.25) is 0 Å². The second-order valence-corrected chi connectivity index (χ2v) is 13.3. The molecule has 0 radical (unpaired) electrons. The molecule has 8 aromatic carbocycles. The second-order valence-electron chi connectivity index (χ2n) is 13.3. The number of nitrogens with zero attached hydrogens (tertiary/aromatic N) is 2. The molecule has 0 aliphatic heterocycles. The highest BCUT2D eigenvalue weighted by atomic mass is 14.9. The minimum atomic E-state index is -0.458. The van der Waals surface area contributed by atoms with E-state index in [0.717, 1.165) is 39.1 Å². The van der Waals surface area contributed by atoms with E-state index in [1.54, 1.807) is 0 Å². The topological polar surface area (TPSA) is 25.8 Å². The molecule has 1 aromatic heterocycles. The van der Waals surface area contributed by atoms with Gasteiger partial charge >= 0.3 is 0 Å². The molecule has 238 valence electrons. The van der Waals surface area contributed by atoms with Crippen molar-refractivity contribution in [2.75, 3.05) is 0 Å². The first-order valence-corrected chi connectivity index (χ1v) is 17.5. The average molecular weight is 649 g/mol. The molecule has 2 nitrogen and oxygen atoms in total. The normalized spacial score (nSPS) is 12.9. The number of para-hydroxylation sites is 1. The van der Waals surface area contributed by atoms with E-state index in [0.29, 0.717) is 0 Å². The highest BCUT2D eigenvalue weighted by molar-refractivity contribution is 6.07. The molecule has 10 rings (SSSR count). The zero-order chi connectivity index (χ0) is 33.8. The molecule has 0 N–H and O–H groups in total. The highest BCUT2D eigenvalue weighted by Crippen LogP contribution is 2.59. The van der Waals surface area contributed by atoms with Gasteiger partial charge in [0.2, 0.25) is 0 Å². The summed E-state index contributed by atoms with van der Waals surface area (Å²) < 4.78 is 0. The van der Waals surface area contributed by atoms with Crippen LogP contribution in [0, 0.1) is 0 Å². The minimum absolute atomic E-state index is 0.458. The SMILES string of the molecule is c1ccc(-c2nc(-c3ccc(-c4cc5c(c6ccccc46)C(c4ccccc4)(c4ccccc4)c4ccccc4-5)cc3)nc3ccccc23)cc1. The Labute approximate surface area is 297 Å². The van der Waals surface area contributed by atoms with Crippen molar-refractivity contribution in [1.29, 1.82) is 0 Å². The first-order chi connectivity index (χ1) is 25.3. The molecular formula is C49H32N2. The molecule has 0 saturated heterocycles. The summed E-state index contributed by atoms with van der Waals surface area (Å²) in [6.45, 7) is 0. The highest BCUT2D eigenvalue weighted by Gasteiger charge is 2.47. The largest absolute Gasteiger partial charge is 0.228 e. The van der Waals surface area contributed by atoms with E-state index in [1.807, 2.05) is 12.1 Å². The fourth-order valence-electron chi connectivity index (χ4n) is 8.37. The van der Waals surface area contributed by atoms with Gasteiger partial charge in [-0.1, -0.05) is 182 Å². The van der Waals surface area contributed by atoms with Crippen molar-refractivity contribution in [2.45, 2.75) is 5.41 Å². The molecule has 2 heteroatoms. The van der Waals surface area contributed by atoms with Crippen LogP contribution in [0.25, 0.3) is 66.6 Å². The summed E-state index contributed by atoms with van der Waals surface area (Å²) in [5, 5.41) is 3.56. The van der Waals surface area contributed by atoms with Gasteiger partial charge in [-0.15, -0.1) is 0 Å². The standard InChI is InChI=1S/C49H32N2/c1-4-16-34(17-5-1)47-41-25-13-15-27-45(41)50-48(51-47)35-30-28-33(29-31-35)42-32-43-39-23-12-14-26-44(39)49(36-18-6-2-7-19-36,37-20-8-3-9-21-37)46(43)40-24-11-10-22-38(40)42/h1-32H. The lowest BCUT2D eigenvalue weighted by molar-refractivity contribution is 0.775. The van der Waals surface area contributed by atoms with Crippen molar-refractivity contribution >= 4 is 21.7 Å². The Hall–Kier alpha value is -6.64. The van der Waals surface area contributed by atoms with Gasteiger partial charge in [0.25, 0.3) is 0 Å². The summed E-state index contributed by atoms with van der Waals surface area (Å²) in [7, 11) is 0. The first kappa shape index (κ1) is 29.3. The molecular weight excluding hydrogens is 617 g/mol. The number of rotatable bonds is 5. The van der Waals surface area contributed by atoms with Gasteiger partial charge < -0.3 is 0 Å². The number of fused-ring (bicyclic) bond motifs is 6. The summed E-state index contributed by atoms with van der Waals surface area (Å²) in [6.07, 6.45) is 0. The monoisotopic (exact) mass is 648 g/mol. The Morgan fingerprint density at radius 1 is 0.353 bits per heavy atom. The summed E-state index contributed by atoms with van der Waals surface area (Å²) >= 11 is 0. The Balaban J connectivity index is 1.18. The van der Waals surface area contributed by atoms with Crippen LogP contribution < -0.4 is 0 Å². The predicted molar refractivity (Wildman–Crippen MR) is 211 cm³/mol. The lowest BCUT2D eigenvalue weighted by atomic mass is 9.66. The second kappa shape index (κ2) is 11.8. The summed E-state index contributed by atoms with van der Waals surface area (Å²) in [5.41, 5.74) is 13.6. The van der Waals surface area contributed by atoms with Crippen molar-refractivity contribution in [3.05, 3.63) is 216 Å². The molecule has 0 bridgehead atoms. The molecule has 0 atom stereocenters. The van der Waals surface area contributed by atoms with E-state index < -0.39 is 5.41 Å². The van der Waals surface area contributed by atoms with Crippen LogP contribution in [0.5, 0.6) is 0 Å². The van der Waals surface area contributed by atoms with Crippen LogP contribution in [-0.4, -0.2) is 9.97 Å². The Kier molecular flexibility index (Phi) is 6.75.